The number of carboxylic acids is 1. The van der Waals surface area contributed by atoms with Crippen LogP contribution in [0.25, 0.3) is 22.6 Å². The number of carbonyl (C=O) groups is 1. The number of rotatable bonds is 4. The predicted octanol–water partition coefficient (Wildman–Crippen LogP) is 4.97. The highest BCUT2D eigenvalue weighted by molar-refractivity contribution is 5.86. The van der Waals surface area contributed by atoms with E-state index in [0.29, 0.717) is 5.69 Å². The van der Waals surface area contributed by atoms with E-state index in [-0.39, 0.29) is 11.3 Å². The first-order valence-electron chi connectivity index (χ1n) is 12.3. The molecular formula is C31H27N5O4. The number of para-hydroxylation sites is 3. The maximum atomic E-state index is 11.9. The van der Waals surface area contributed by atoms with Gasteiger partial charge in [-0.15, -0.1) is 0 Å². The van der Waals surface area contributed by atoms with Gasteiger partial charge in [-0.05, 0) is 42.0 Å². The van der Waals surface area contributed by atoms with Gasteiger partial charge in [0.1, 0.15) is 0 Å². The minimum Gasteiger partial charge on any atom is -0.477 e. The number of nitrogens with zero attached hydrogens (tertiary/aromatic N) is 2. The Kier molecular flexibility index (Phi) is 8.92. The molecular weight excluding hydrogens is 506 g/mol. The van der Waals surface area contributed by atoms with Crippen molar-refractivity contribution < 1.29 is 9.90 Å². The van der Waals surface area contributed by atoms with Crippen LogP contribution in [0, 0.1) is 0 Å². The van der Waals surface area contributed by atoms with Crippen molar-refractivity contribution in [2.45, 2.75) is 0 Å². The molecule has 0 aliphatic heterocycles. The lowest BCUT2D eigenvalue weighted by molar-refractivity contribution is 0.0687. The highest BCUT2D eigenvalue weighted by Gasteiger charge is 2.12. The lowest BCUT2D eigenvalue weighted by Gasteiger charge is -2.03. The van der Waals surface area contributed by atoms with E-state index in [1.165, 1.54) is 4.68 Å². The Morgan fingerprint density at radius 3 is 1.57 bits per heavy atom. The number of nitrogen functional groups attached to an aromatic ring is 1. The average Bonchev–Trinajstić information content (AvgIpc) is 3.58. The van der Waals surface area contributed by atoms with Crippen molar-refractivity contribution in [3.8, 4) is 22.6 Å². The third-order valence-corrected chi connectivity index (χ3v) is 5.58. The second-order valence-corrected chi connectivity index (χ2v) is 8.44. The largest absolute Gasteiger partial charge is 0.477 e. The Bertz CT molecular complexity index is 1760. The third kappa shape index (κ3) is 7.14. The summed E-state index contributed by atoms with van der Waals surface area (Å²) < 4.78 is 2.78. The fraction of sp³-hybridized carbons (Fsp3) is 0. The summed E-state index contributed by atoms with van der Waals surface area (Å²) in [7, 11) is 0. The minimum atomic E-state index is -1.14. The fourth-order valence-electron chi connectivity index (χ4n) is 3.71. The normalized spacial score (nSPS) is 10.0. The molecule has 0 aliphatic carbocycles. The topological polar surface area (TPSA) is 139 Å². The van der Waals surface area contributed by atoms with E-state index in [1.54, 1.807) is 35.0 Å². The first-order valence-corrected chi connectivity index (χ1v) is 12.3. The van der Waals surface area contributed by atoms with Gasteiger partial charge in [-0.2, -0.15) is 0 Å². The molecule has 0 amide bonds. The molecule has 0 unspecified atom stereocenters. The van der Waals surface area contributed by atoms with E-state index in [1.807, 2.05) is 97.1 Å². The zero-order chi connectivity index (χ0) is 28.3. The Morgan fingerprint density at radius 1 is 0.625 bits per heavy atom. The Hall–Kier alpha value is -5.83. The summed E-state index contributed by atoms with van der Waals surface area (Å²) in [5, 5.41) is 14.4. The summed E-state index contributed by atoms with van der Waals surface area (Å²) in [6.45, 7) is 0. The van der Waals surface area contributed by atoms with Crippen molar-refractivity contribution in [3.63, 3.8) is 0 Å². The van der Waals surface area contributed by atoms with Crippen LogP contribution < -0.4 is 16.9 Å². The van der Waals surface area contributed by atoms with Gasteiger partial charge in [-0.3, -0.25) is 19.8 Å². The second kappa shape index (κ2) is 13.1. The smallest absolute Gasteiger partial charge is 0.354 e. The van der Waals surface area contributed by atoms with Gasteiger partial charge in [0.2, 0.25) is 0 Å². The quantitative estimate of drug-likeness (QED) is 0.237. The van der Waals surface area contributed by atoms with Crippen molar-refractivity contribution >= 4 is 11.7 Å². The number of hydrogen-bond acceptors (Lipinski definition) is 4. The van der Waals surface area contributed by atoms with Gasteiger partial charge < -0.3 is 10.8 Å². The molecule has 0 spiro atoms. The van der Waals surface area contributed by atoms with Gasteiger partial charge in [0.25, 0.3) is 11.1 Å². The highest BCUT2D eigenvalue weighted by Crippen LogP contribution is 2.15. The van der Waals surface area contributed by atoms with Crippen molar-refractivity contribution in [2.24, 2.45) is 0 Å². The van der Waals surface area contributed by atoms with Crippen molar-refractivity contribution in [2.75, 3.05) is 5.73 Å². The van der Waals surface area contributed by atoms with E-state index in [9.17, 15) is 14.4 Å². The van der Waals surface area contributed by atoms with Crippen LogP contribution in [0.3, 0.4) is 0 Å². The van der Waals surface area contributed by atoms with Gasteiger partial charge >= 0.3 is 5.97 Å². The van der Waals surface area contributed by atoms with Crippen LogP contribution >= 0.6 is 0 Å². The maximum absolute atomic E-state index is 11.9. The maximum Gasteiger partial charge on any atom is 0.354 e. The monoisotopic (exact) mass is 533 g/mol. The lowest BCUT2D eigenvalue weighted by atomic mass is 10.2. The van der Waals surface area contributed by atoms with Crippen LogP contribution in [0.1, 0.15) is 10.5 Å². The SMILES string of the molecule is Nc1ccccc1.O=C(O)c1cc(=O)[nH]n1-c1ccccc1.O=c1cc(-c2ccccc2)[nH]n1-c1ccccc1. The molecule has 200 valence electrons. The van der Waals surface area contributed by atoms with Crippen molar-refractivity contribution in [1.29, 1.82) is 0 Å². The van der Waals surface area contributed by atoms with Gasteiger partial charge in [0.05, 0.1) is 17.1 Å². The molecule has 0 saturated heterocycles. The van der Waals surface area contributed by atoms with Crippen LogP contribution in [0.4, 0.5) is 5.69 Å². The van der Waals surface area contributed by atoms with Gasteiger partial charge in [0, 0.05) is 17.8 Å². The van der Waals surface area contributed by atoms with E-state index < -0.39 is 11.5 Å². The molecule has 0 atom stereocenters. The molecule has 6 aromatic rings. The zero-order valence-corrected chi connectivity index (χ0v) is 21.3. The van der Waals surface area contributed by atoms with Crippen LogP contribution in [-0.4, -0.2) is 30.6 Å². The van der Waals surface area contributed by atoms with E-state index in [4.69, 9.17) is 10.8 Å². The number of benzene rings is 4. The Labute approximate surface area is 229 Å². The number of H-pyrrole nitrogens is 2. The fourth-order valence-corrected chi connectivity index (χ4v) is 3.71. The first-order chi connectivity index (χ1) is 19.4. The molecule has 0 fully saturated rings. The standard InChI is InChI=1S/C15H12N2O.C10H8N2O3.C6H7N/c18-15-11-14(12-7-3-1-4-8-12)16-17(15)13-9-5-2-6-10-13;13-9-6-8(10(14)15)12(11-9)7-4-2-1-3-5-7;7-6-4-2-1-3-5-6/h1-11,16H;1-6H,(H,11,13)(H,14,15);1-5H,7H2. The molecule has 6 rings (SSSR count). The zero-order valence-electron chi connectivity index (χ0n) is 21.3. The molecule has 2 heterocycles. The summed E-state index contributed by atoms with van der Waals surface area (Å²) in [5.41, 5.74) is 8.89. The average molecular weight is 534 g/mol. The number of nitrogens with two attached hydrogens (primary N) is 1. The summed E-state index contributed by atoms with van der Waals surface area (Å²) in [6, 6.07) is 40.2. The Morgan fingerprint density at radius 2 is 1.10 bits per heavy atom. The van der Waals surface area contributed by atoms with Crippen LogP contribution in [0.15, 0.2) is 143 Å². The van der Waals surface area contributed by atoms with Gasteiger partial charge in [0.15, 0.2) is 5.69 Å². The minimum absolute atomic E-state index is 0.0555. The summed E-state index contributed by atoms with van der Waals surface area (Å²) in [4.78, 5) is 33.8. The molecule has 9 heteroatoms. The summed E-state index contributed by atoms with van der Waals surface area (Å²) >= 11 is 0. The molecule has 0 saturated carbocycles. The van der Waals surface area contributed by atoms with Crippen LogP contribution in [0.2, 0.25) is 0 Å². The number of aromatic nitrogens is 4. The number of aromatic amines is 2. The summed E-state index contributed by atoms with van der Waals surface area (Å²) in [5.74, 6) is -1.14. The summed E-state index contributed by atoms with van der Waals surface area (Å²) in [6.07, 6.45) is 0. The number of carboxylic acid groups (broad SMARTS) is 1. The molecule has 5 N–H and O–H groups in total. The van der Waals surface area contributed by atoms with Crippen LogP contribution in [-0.2, 0) is 0 Å². The van der Waals surface area contributed by atoms with Crippen LogP contribution in [0.5, 0.6) is 0 Å². The lowest BCUT2D eigenvalue weighted by Crippen LogP contribution is -2.12. The predicted molar refractivity (Wildman–Crippen MR) is 156 cm³/mol. The molecule has 0 radical (unpaired) electrons. The Balaban J connectivity index is 0.000000151. The molecule has 9 nitrogen and oxygen atoms in total. The second-order valence-electron chi connectivity index (χ2n) is 8.44. The number of anilines is 1. The van der Waals surface area contributed by atoms with Crippen molar-refractivity contribution in [1.82, 2.24) is 19.6 Å². The third-order valence-electron chi connectivity index (χ3n) is 5.58. The van der Waals surface area contributed by atoms with E-state index in [2.05, 4.69) is 10.2 Å². The molecule has 2 aromatic heterocycles. The van der Waals surface area contributed by atoms with Crippen molar-refractivity contribution in [3.05, 3.63) is 160 Å². The molecule has 4 aromatic carbocycles. The van der Waals surface area contributed by atoms with Gasteiger partial charge in [-0.1, -0.05) is 84.9 Å². The van der Waals surface area contributed by atoms with E-state index in [0.717, 1.165) is 28.7 Å². The number of hydrogen-bond donors (Lipinski definition) is 4. The van der Waals surface area contributed by atoms with Gasteiger partial charge in [-0.25, -0.2) is 14.2 Å². The highest BCUT2D eigenvalue weighted by atomic mass is 16.4. The molecule has 0 aliphatic rings. The molecule has 40 heavy (non-hydrogen) atoms. The first kappa shape index (κ1) is 27.2. The molecule has 0 bridgehead atoms. The number of nitrogens with one attached hydrogen (secondary N) is 2. The van der Waals surface area contributed by atoms with E-state index >= 15 is 0 Å². The number of aromatic carboxylic acids is 1.